The molecule has 1 amide bonds. The third-order valence-electron chi connectivity index (χ3n) is 3.35. The van der Waals surface area contributed by atoms with E-state index in [0.29, 0.717) is 16.3 Å². The highest BCUT2D eigenvalue weighted by Crippen LogP contribution is 2.23. The predicted molar refractivity (Wildman–Crippen MR) is 91.5 cm³/mol. The van der Waals surface area contributed by atoms with Crippen LogP contribution in [-0.4, -0.2) is 32.7 Å². The molecule has 5 nitrogen and oxygen atoms in total. The van der Waals surface area contributed by atoms with Crippen LogP contribution in [0.2, 0.25) is 5.02 Å². The zero-order valence-corrected chi connectivity index (χ0v) is 14.6. The van der Waals surface area contributed by atoms with Crippen molar-refractivity contribution in [1.29, 1.82) is 0 Å². The highest BCUT2D eigenvalue weighted by Gasteiger charge is 2.19. The first-order chi connectivity index (χ1) is 10.7. The lowest BCUT2D eigenvalue weighted by Gasteiger charge is -2.14. The van der Waals surface area contributed by atoms with Crippen LogP contribution in [0.1, 0.15) is 15.9 Å². The molecular formula is C16H17ClN2O3S. The van der Waals surface area contributed by atoms with Gasteiger partial charge in [-0.3, -0.25) is 4.79 Å². The van der Waals surface area contributed by atoms with Crippen molar-refractivity contribution in [2.24, 2.45) is 0 Å². The Balaban J connectivity index is 2.38. The molecule has 23 heavy (non-hydrogen) atoms. The van der Waals surface area contributed by atoms with Gasteiger partial charge in [-0.2, -0.15) is 0 Å². The molecule has 0 heterocycles. The van der Waals surface area contributed by atoms with Crippen molar-refractivity contribution in [2.75, 3.05) is 19.4 Å². The second kappa shape index (κ2) is 6.70. The molecule has 0 saturated heterocycles. The quantitative estimate of drug-likeness (QED) is 0.919. The van der Waals surface area contributed by atoms with Crippen LogP contribution in [0.4, 0.5) is 5.69 Å². The first kappa shape index (κ1) is 17.5. The summed E-state index contributed by atoms with van der Waals surface area (Å²) in [6.07, 6.45) is 0. The minimum atomic E-state index is -3.57. The number of hydrogen-bond donors (Lipinski definition) is 1. The Morgan fingerprint density at radius 3 is 2.39 bits per heavy atom. The molecule has 0 radical (unpaired) electrons. The average molecular weight is 353 g/mol. The third kappa shape index (κ3) is 3.72. The Bertz CT molecular complexity index is 848. The van der Waals surface area contributed by atoms with Gasteiger partial charge >= 0.3 is 0 Å². The Labute approximate surface area is 140 Å². The minimum Gasteiger partial charge on any atom is -0.322 e. The normalized spacial score (nSPS) is 11.5. The number of carbonyl (C=O) groups excluding carboxylic acids is 1. The molecule has 2 rings (SSSR count). The van der Waals surface area contributed by atoms with Gasteiger partial charge in [0, 0.05) is 19.8 Å². The lowest BCUT2D eigenvalue weighted by molar-refractivity contribution is 0.102. The molecule has 2 aromatic carbocycles. The summed E-state index contributed by atoms with van der Waals surface area (Å²) in [7, 11) is -0.658. The van der Waals surface area contributed by atoms with E-state index in [2.05, 4.69) is 5.32 Å². The van der Waals surface area contributed by atoms with Gasteiger partial charge in [0.2, 0.25) is 10.0 Å². The number of sulfonamides is 1. The van der Waals surface area contributed by atoms with Crippen LogP contribution in [0.5, 0.6) is 0 Å². The molecule has 1 N–H and O–H groups in total. The Kier molecular flexibility index (Phi) is 5.09. The largest absolute Gasteiger partial charge is 0.322 e. The van der Waals surface area contributed by atoms with Crippen molar-refractivity contribution in [3.05, 3.63) is 58.6 Å². The number of hydrogen-bond acceptors (Lipinski definition) is 3. The van der Waals surface area contributed by atoms with Crippen molar-refractivity contribution in [2.45, 2.75) is 11.8 Å². The van der Waals surface area contributed by atoms with E-state index < -0.39 is 15.9 Å². The highest BCUT2D eigenvalue weighted by molar-refractivity contribution is 7.89. The molecule has 0 aromatic heterocycles. The Morgan fingerprint density at radius 1 is 1.13 bits per heavy atom. The molecular weight excluding hydrogens is 336 g/mol. The van der Waals surface area contributed by atoms with Crippen molar-refractivity contribution in [1.82, 2.24) is 4.31 Å². The van der Waals surface area contributed by atoms with Crippen molar-refractivity contribution >= 4 is 33.2 Å². The second-order valence-electron chi connectivity index (χ2n) is 5.20. The Morgan fingerprint density at radius 2 is 1.78 bits per heavy atom. The maximum absolute atomic E-state index is 12.3. The van der Waals surface area contributed by atoms with Gasteiger partial charge in [0.25, 0.3) is 5.91 Å². The standard InChI is InChI=1S/C16H17ClN2O3S/c1-11-8-9-12(23(21,22)19(2)3)10-15(11)18-16(20)13-6-4-5-7-14(13)17/h4-10H,1-3H3,(H,18,20). The third-order valence-corrected chi connectivity index (χ3v) is 5.49. The fraction of sp³-hybridized carbons (Fsp3) is 0.188. The number of amides is 1. The van der Waals surface area contributed by atoms with Crippen LogP contribution >= 0.6 is 11.6 Å². The summed E-state index contributed by atoms with van der Waals surface area (Å²) >= 11 is 6.01. The molecule has 0 aliphatic carbocycles. The van der Waals surface area contributed by atoms with Gasteiger partial charge in [-0.25, -0.2) is 12.7 Å². The maximum atomic E-state index is 12.3. The molecule has 0 fully saturated rings. The number of nitrogens with zero attached hydrogens (tertiary/aromatic N) is 1. The molecule has 0 bridgehead atoms. The van der Waals surface area contributed by atoms with Gasteiger partial charge in [0.15, 0.2) is 0 Å². The monoisotopic (exact) mass is 352 g/mol. The van der Waals surface area contributed by atoms with Gasteiger partial charge in [-0.05, 0) is 36.8 Å². The van der Waals surface area contributed by atoms with Crippen LogP contribution in [0.15, 0.2) is 47.4 Å². The van der Waals surface area contributed by atoms with E-state index in [0.717, 1.165) is 9.87 Å². The summed E-state index contributed by atoms with van der Waals surface area (Å²) in [5.74, 6) is -0.391. The molecule has 2 aromatic rings. The lowest BCUT2D eigenvalue weighted by atomic mass is 10.1. The minimum absolute atomic E-state index is 0.113. The number of halogens is 1. The van der Waals surface area contributed by atoms with E-state index in [1.807, 2.05) is 0 Å². The van der Waals surface area contributed by atoms with Crippen LogP contribution in [-0.2, 0) is 10.0 Å². The summed E-state index contributed by atoms with van der Waals surface area (Å²) < 4.78 is 25.5. The van der Waals surface area contributed by atoms with E-state index in [1.54, 1.807) is 37.3 Å². The molecule has 0 saturated carbocycles. The van der Waals surface area contributed by atoms with Crippen molar-refractivity contribution in [3.8, 4) is 0 Å². The zero-order chi connectivity index (χ0) is 17.2. The molecule has 0 spiro atoms. The number of anilines is 1. The molecule has 7 heteroatoms. The van der Waals surface area contributed by atoms with E-state index in [9.17, 15) is 13.2 Å². The Hall–Kier alpha value is -1.89. The number of carbonyl (C=O) groups is 1. The topological polar surface area (TPSA) is 66.5 Å². The molecule has 0 aliphatic heterocycles. The van der Waals surface area contributed by atoms with Gasteiger partial charge in [0.1, 0.15) is 0 Å². The molecule has 122 valence electrons. The van der Waals surface area contributed by atoms with Gasteiger partial charge in [-0.1, -0.05) is 29.8 Å². The summed E-state index contributed by atoms with van der Waals surface area (Å²) in [4.78, 5) is 12.4. The van der Waals surface area contributed by atoms with Crippen molar-refractivity contribution < 1.29 is 13.2 Å². The summed E-state index contributed by atoms with van der Waals surface area (Å²) in [5, 5.41) is 3.05. The number of nitrogens with one attached hydrogen (secondary N) is 1. The SMILES string of the molecule is Cc1ccc(S(=O)(=O)N(C)C)cc1NC(=O)c1ccccc1Cl. The fourth-order valence-corrected chi connectivity index (χ4v) is 3.09. The van der Waals surface area contributed by atoms with Gasteiger partial charge < -0.3 is 5.32 Å². The number of rotatable bonds is 4. The average Bonchev–Trinajstić information content (AvgIpc) is 2.49. The van der Waals surface area contributed by atoms with E-state index >= 15 is 0 Å². The molecule has 0 atom stereocenters. The fourth-order valence-electron chi connectivity index (χ4n) is 1.94. The lowest BCUT2D eigenvalue weighted by Crippen LogP contribution is -2.22. The highest BCUT2D eigenvalue weighted by atomic mass is 35.5. The summed E-state index contributed by atoms with van der Waals surface area (Å²) in [6, 6.07) is 11.3. The van der Waals surface area contributed by atoms with E-state index in [-0.39, 0.29) is 4.90 Å². The van der Waals surface area contributed by atoms with Gasteiger partial charge in [-0.15, -0.1) is 0 Å². The first-order valence-electron chi connectivity index (χ1n) is 6.82. The number of benzene rings is 2. The summed E-state index contributed by atoms with van der Waals surface area (Å²) in [5.41, 5.74) is 1.51. The second-order valence-corrected chi connectivity index (χ2v) is 7.76. The molecule has 0 aliphatic rings. The van der Waals surface area contributed by atoms with E-state index in [1.165, 1.54) is 26.2 Å². The summed E-state index contributed by atoms with van der Waals surface area (Å²) in [6.45, 7) is 1.79. The van der Waals surface area contributed by atoms with Crippen LogP contribution in [0.25, 0.3) is 0 Å². The molecule has 0 unspecified atom stereocenters. The predicted octanol–water partition coefficient (Wildman–Crippen LogP) is 3.15. The zero-order valence-electron chi connectivity index (χ0n) is 13.0. The van der Waals surface area contributed by atoms with Crippen LogP contribution in [0.3, 0.4) is 0 Å². The smallest absolute Gasteiger partial charge is 0.257 e. The van der Waals surface area contributed by atoms with Crippen LogP contribution < -0.4 is 5.32 Å². The maximum Gasteiger partial charge on any atom is 0.257 e. The number of aryl methyl sites for hydroxylation is 1. The van der Waals surface area contributed by atoms with Gasteiger partial charge in [0.05, 0.1) is 15.5 Å². The van der Waals surface area contributed by atoms with Crippen LogP contribution in [0, 0.1) is 6.92 Å². The van der Waals surface area contributed by atoms with Crippen molar-refractivity contribution in [3.63, 3.8) is 0 Å². The first-order valence-corrected chi connectivity index (χ1v) is 8.64. The van der Waals surface area contributed by atoms with E-state index in [4.69, 9.17) is 11.6 Å².